The number of hydrogen-bond donors (Lipinski definition) is 1. The van der Waals surface area contributed by atoms with E-state index in [0.717, 1.165) is 11.1 Å². The highest BCUT2D eigenvalue weighted by atomic mass is 19.1. The van der Waals surface area contributed by atoms with E-state index in [0.29, 0.717) is 12.1 Å². The fourth-order valence-electron chi connectivity index (χ4n) is 2.51. The lowest BCUT2D eigenvalue weighted by Gasteiger charge is -2.21. The van der Waals surface area contributed by atoms with E-state index in [-0.39, 0.29) is 37.1 Å². The van der Waals surface area contributed by atoms with Crippen LogP contribution in [0.5, 0.6) is 0 Å². The lowest BCUT2D eigenvalue weighted by atomic mass is 10.1. The van der Waals surface area contributed by atoms with Gasteiger partial charge in [0.05, 0.1) is 0 Å². The second-order valence-corrected chi connectivity index (χ2v) is 5.99. The van der Waals surface area contributed by atoms with Crippen LogP contribution < -0.4 is 5.32 Å². The van der Waals surface area contributed by atoms with Crippen molar-refractivity contribution in [2.24, 2.45) is 0 Å². The highest BCUT2D eigenvalue weighted by molar-refractivity contribution is 5.78. The lowest BCUT2D eigenvalue weighted by molar-refractivity contribution is -0.130. The van der Waals surface area contributed by atoms with E-state index in [1.165, 1.54) is 17.9 Å². The van der Waals surface area contributed by atoms with E-state index in [1.54, 1.807) is 18.2 Å². The molecule has 2 aromatic rings. The molecule has 132 valence electrons. The Morgan fingerprint density at radius 1 is 1.04 bits per heavy atom. The van der Waals surface area contributed by atoms with Crippen LogP contribution in [0, 0.1) is 12.7 Å². The molecule has 0 aliphatic rings. The molecule has 0 aliphatic heterocycles. The second-order valence-electron chi connectivity index (χ2n) is 5.99. The summed E-state index contributed by atoms with van der Waals surface area (Å²) in [6.45, 7) is 4.29. The Bertz CT molecular complexity index is 746. The molecule has 2 rings (SSSR count). The summed E-state index contributed by atoms with van der Waals surface area (Å²) >= 11 is 0. The molecule has 0 aromatic heterocycles. The number of benzene rings is 2. The Hall–Kier alpha value is -2.69. The Labute approximate surface area is 147 Å². The molecule has 1 N–H and O–H groups in total. The zero-order valence-electron chi connectivity index (χ0n) is 14.6. The zero-order chi connectivity index (χ0) is 18.2. The van der Waals surface area contributed by atoms with Gasteiger partial charge in [-0.25, -0.2) is 4.39 Å². The number of nitrogens with one attached hydrogen (secondary N) is 1. The fraction of sp³-hybridized carbons (Fsp3) is 0.300. The topological polar surface area (TPSA) is 49.4 Å². The van der Waals surface area contributed by atoms with Crippen molar-refractivity contribution < 1.29 is 14.0 Å². The van der Waals surface area contributed by atoms with Crippen molar-refractivity contribution >= 4 is 11.8 Å². The average Bonchev–Trinajstić information content (AvgIpc) is 2.59. The van der Waals surface area contributed by atoms with Gasteiger partial charge in [-0.3, -0.25) is 9.59 Å². The Morgan fingerprint density at radius 2 is 1.68 bits per heavy atom. The molecule has 5 heteroatoms. The number of nitrogens with zero attached hydrogens (tertiary/aromatic N) is 1. The summed E-state index contributed by atoms with van der Waals surface area (Å²) in [5, 5.41) is 2.86. The molecule has 0 fully saturated rings. The van der Waals surface area contributed by atoms with Gasteiger partial charge < -0.3 is 10.2 Å². The monoisotopic (exact) mass is 342 g/mol. The van der Waals surface area contributed by atoms with E-state index in [2.05, 4.69) is 5.32 Å². The zero-order valence-corrected chi connectivity index (χ0v) is 14.6. The Kier molecular flexibility index (Phi) is 6.69. The number of aryl methyl sites for hydroxylation is 1. The number of carbonyl (C=O) groups is 2. The maximum absolute atomic E-state index is 13.7. The van der Waals surface area contributed by atoms with Crippen LogP contribution in [0.1, 0.15) is 30.0 Å². The van der Waals surface area contributed by atoms with E-state index >= 15 is 0 Å². The molecule has 2 aromatic carbocycles. The van der Waals surface area contributed by atoms with Crippen molar-refractivity contribution in [3.63, 3.8) is 0 Å². The minimum Gasteiger partial charge on any atom is -0.352 e. The van der Waals surface area contributed by atoms with E-state index in [1.807, 2.05) is 31.2 Å². The summed E-state index contributed by atoms with van der Waals surface area (Å²) < 4.78 is 13.7. The van der Waals surface area contributed by atoms with Gasteiger partial charge in [-0.15, -0.1) is 0 Å². The molecule has 0 saturated carbocycles. The molecule has 0 radical (unpaired) electrons. The van der Waals surface area contributed by atoms with Crippen LogP contribution >= 0.6 is 0 Å². The minimum absolute atomic E-state index is 0.136. The average molecular weight is 342 g/mol. The number of hydrogen-bond acceptors (Lipinski definition) is 2. The van der Waals surface area contributed by atoms with Gasteiger partial charge in [0.15, 0.2) is 0 Å². The first-order valence-corrected chi connectivity index (χ1v) is 8.27. The highest BCUT2D eigenvalue weighted by Crippen LogP contribution is 2.11. The summed E-state index contributed by atoms with van der Waals surface area (Å²) in [7, 11) is 0. The molecule has 25 heavy (non-hydrogen) atoms. The minimum atomic E-state index is -0.349. The predicted octanol–water partition coefficient (Wildman–Crippen LogP) is 3.19. The first-order valence-electron chi connectivity index (χ1n) is 8.27. The van der Waals surface area contributed by atoms with Crippen LogP contribution in [0.15, 0.2) is 48.5 Å². The van der Waals surface area contributed by atoms with Crippen LogP contribution in [0.3, 0.4) is 0 Å². The van der Waals surface area contributed by atoms with Crippen molar-refractivity contribution in [3.05, 3.63) is 71.0 Å². The highest BCUT2D eigenvalue weighted by Gasteiger charge is 2.14. The van der Waals surface area contributed by atoms with Gasteiger partial charge in [-0.1, -0.05) is 42.5 Å². The summed E-state index contributed by atoms with van der Waals surface area (Å²) in [5.41, 5.74) is 2.62. The Morgan fingerprint density at radius 3 is 2.32 bits per heavy atom. The standard InChI is InChI=1S/C20H23FN2O2/c1-15-7-3-4-8-17(15)13-22-20(25)11-12-23(16(2)24)14-18-9-5-6-10-19(18)21/h3-10H,11-14H2,1-2H3,(H,22,25). The molecular weight excluding hydrogens is 319 g/mol. The molecular formula is C20H23FN2O2. The largest absolute Gasteiger partial charge is 0.352 e. The molecule has 0 heterocycles. The number of carbonyl (C=O) groups excluding carboxylic acids is 2. The number of amides is 2. The van der Waals surface area contributed by atoms with Crippen molar-refractivity contribution in [2.45, 2.75) is 33.4 Å². The fourth-order valence-corrected chi connectivity index (χ4v) is 2.51. The maximum Gasteiger partial charge on any atom is 0.222 e. The van der Waals surface area contributed by atoms with Gasteiger partial charge in [-0.05, 0) is 24.1 Å². The first-order chi connectivity index (χ1) is 12.0. The van der Waals surface area contributed by atoms with Crippen molar-refractivity contribution in [3.8, 4) is 0 Å². The van der Waals surface area contributed by atoms with Crippen LogP contribution in [-0.4, -0.2) is 23.3 Å². The van der Waals surface area contributed by atoms with Crippen molar-refractivity contribution in [1.82, 2.24) is 10.2 Å². The van der Waals surface area contributed by atoms with E-state index in [9.17, 15) is 14.0 Å². The maximum atomic E-state index is 13.7. The third-order valence-electron chi connectivity index (χ3n) is 4.11. The molecule has 0 atom stereocenters. The van der Waals surface area contributed by atoms with Gasteiger partial charge in [0, 0.05) is 38.5 Å². The van der Waals surface area contributed by atoms with Gasteiger partial charge in [0.2, 0.25) is 11.8 Å². The molecule has 0 spiro atoms. The lowest BCUT2D eigenvalue weighted by Crippen LogP contribution is -2.33. The Balaban J connectivity index is 1.86. The van der Waals surface area contributed by atoms with Crippen LogP contribution in [0.2, 0.25) is 0 Å². The molecule has 4 nitrogen and oxygen atoms in total. The molecule has 0 aliphatic carbocycles. The SMILES string of the molecule is CC(=O)N(CCC(=O)NCc1ccccc1C)Cc1ccccc1F. The number of halogens is 1. The summed E-state index contributed by atoms with van der Waals surface area (Å²) in [6, 6.07) is 14.2. The van der Waals surface area contributed by atoms with Crippen LogP contribution in [-0.2, 0) is 22.7 Å². The summed E-state index contributed by atoms with van der Waals surface area (Å²) in [4.78, 5) is 25.3. The smallest absolute Gasteiger partial charge is 0.222 e. The van der Waals surface area contributed by atoms with Crippen molar-refractivity contribution in [2.75, 3.05) is 6.54 Å². The third kappa shape index (κ3) is 5.71. The quantitative estimate of drug-likeness (QED) is 0.840. The first kappa shape index (κ1) is 18.6. The van der Waals surface area contributed by atoms with Gasteiger partial charge >= 0.3 is 0 Å². The van der Waals surface area contributed by atoms with Crippen LogP contribution in [0.4, 0.5) is 4.39 Å². The van der Waals surface area contributed by atoms with E-state index < -0.39 is 0 Å². The van der Waals surface area contributed by atoms with Gasteiger partial charge in [0.25, 0.3) is 0 Å². The number of rotatable bonds is 7. The predicted molar refractivity (Wildman–Crippen MR) is 95.1 cm³/mol. The third-order valence-corrected chi connectivity index (χ3v) is 4.11. The molecule has 2 amide bonds. The summed E-state index contributed by atoms with van der Waals surface area (Å²) in [5.74, 6) is -0.671. The van der Waals surface area contributed by atoms with Gasteiger partial charge in [-0.2, -0.15) is 0 Å². The normalized spacial score (nSPS) is 10.4. The van der Waals surface area contributed by atoms with Crippen LogP contribution in [0.25, 0.3) is 0 Å². The molecule has 0 saturated heterocycles. The molecule has 0 unspecified atom stereocenters. The molecule has 0 bridgehead atoms. The summed E-state index contributed by atoms with van der Waals surface area (Å²) in [6.07, 6.45) is 0.180. The van der Waals surface area contributed by atoms with Crippen molar-refractivity contribution in [1.29, 1.82) is 0 Å². The van der Waals surface area contributed by atoms with E-state index in [4.69, 9.17) is 0 Å². The second kappa shape index (κ2) is 8.97. The van der Waals surface area contributed by atoms with Gasteiger partial charge in [0.1, 0.15) is 5.82 Å².